The maximum Gasteiger partial charge on any atom is 0.350 e. The zero-order chi connectivity index (χ0) is 22.5. The van der Waals surface area contributed by atoms with Crippen molar-refractivity contribution in [3.63, 3.8) is 0 Å². The molecule has 1 heterocycles. The van der Waals surface area contributed by atoms with E-state index in [0.717, 1.165) is 11.3 Å². The Bertz CT molecular complexity index is 1130. The Morgan fingerprint density at radius 3 is 2.52 bits per heavy atom. The van der Waals surface area contributed by atoms with E-state index in [0.29, 0.717) is 17.1 Å². The highest BCUT2D eigenvalue weighted by atomic mass is 32.1. The molecule has 3 rings (SSSR count). The molecule has 0 atom stereocenters. The van der Waals surface area contributed by atoms with Crippen molar-refractivity contribution in [1.29, 1.82) is 0 Å². The van der Waals surface area contributed by atoms with Crippen LogP contribution in [0.15, 0.2) is 48.5 Å². The fourth-order valence-corrected chi connectivity index (χ4v) is 3.77. The molecule has 0 spiro atoms. The molecule has 3 aromatic rings. The Morgan fingerprint density at radius 2 is 1.90 bits per heavy atom. The van der Waals surface area contributed by atoms with Crippen LogP contribution in [0.1, 0.15) is 32.6 Å². The maximum absolute atomic E-state index is 13.4. The molecule has 1 amide bonds. The van der Waals surface area contributed by atoms with Gasteiger partial charge in [-0.3, -0.25) is 19.8 Å². The van der Waals surface area contributed by atoms with Gasteiger partial charge >= 0.3 is 5.97 Å². The van der Waals surface area contributed by atoms with Crippen molar-refractivity contribution >= 4 is 39.7 Å². The molecule has 10 heteroatoms. The van der Waals surface area contributed by atoms with E-state index in [-0.39, 0.29) is 27.9 Å². The largest absolute Gasteiger partial charge is 0.497 e. The Labute approximate surface area is 182 Å². The molecule has 0 aliphatic carbocycles. The molecule has 0 fully saturated rings. The number of nitro groups is 1. The monoisotopic (exact) mass is 441 g/mol. The van der Waals surface area contributed by atoms with Crippen LogP contribution in [0, 0.1) is 17.0 Å². The average molecular weight is 441 g/mol. The summed E-state index contributed by atoms with van der Waals surface area (Å²) in [7, 11) is 1.52. The second-order valence-corrected chi connectivity index (χ2v) is 7.25. The third kappa shape index (κ3) is 4.69. The molecule has 0 aliphatic rings. The van der Waals surface area contributed by atoms with Crippen molar-refractivity contribution in [3.8, 4) is 5.75 Å². The van der Waals surface area contributed by atoms with Crippen LogP contribution in [0.4, 0.5) is 16.5 Å². The van der Waals surface area contributed by atoms with Gasteiger partial charge < -0.3 is 9.47 Å². The lowest BCUT2D eigenvalue weighted by Gasteiger charge is -2.20. The van der Waals surface area contributed by atoms with E-state index >= 15 is 0 Å². The van der Waals surface area contributed by atoms with E-state index in [2.05, 4.69) is 4.98 Å². The number of aromatic nitrogens is 1. The third-order valence-corrected chi connectivity index (χ3v) is 5.40. The van der Waals surface area contributed by atoms with Gasteiger partial charge in [0.1, 0.15) is 10.6 Å². The summed E-state index contributed by atoms with van der Waals surface area (Å²) in [5, 5.41) is 11.4. The molecule has 0 saturated heterocycles. The van der Waals surface area contributed by atoms with Gasteiger partial charge in [0, 0.05) is 17.7 Å². The van der Waals surface area contributed by atoms with Gasteiger partial charge in [0.05, 0.1) is 30.0 Å². The molecule has 1 aromatic heterocycles. The molecule has 0 bridgehead atoms. The molecule has 160 valence electrons. The Morgan fingerprint density at radius 1 is 1.19 bits per heavy atom. The highest BCUT2D eigenvalue weighted by Gasteiger charge is 2.27. The number of thiazole rings is 1. The number of methoxy groups -OCH3 is 1. The predicted molar refractivity (Wildman–Crippen MR) is 115 cm³/mol. The quantitative estimate of drug-likeness (QED) is 0.301. The Balaban J connectivity index is 2.10. The topological polar surface area (TPSA) is 112 Å². The lowest BCUT2D eigenvalue weighted by atomic mass is 10.1. The van der Waals surface area contributed by atoms with Gasteiger partial charge in [0.15, 0.2) is 5.13 Å². The van der Waals surface area contributed by atoms with Crippen LogP contribution in [0.2, 0.25) is 0 Å². The summed E-state index contributed by atoms with van der Waals surface area (Å²) < 4.78 is 10.2. The molecule has 2 aromatic carbocycles. The van der Waals surface area contributed by atoms with Crippen molar-refractivity contribution in [1.82, 2.24) is 4.98 Å². The number of hydrogen-bond donors (Lipinski definition) is 0. The summed E-state index contributed by atoms with van der Waals surface area (Å²) in [6, 6.07) is 12.1. The SMILES string of the molecule is CCOC(=O)c1sc(N(C(=O)c2cccc([N+](=O)[O-])c2)c2ccc(OC)cc2)nc1C. The van der Waals surface area contributed by atoms with E-state index in [1.54, 1.807) is 38.1 Å². The van der Waals surface area contributed by atoms with Crippen LogP contribution in [0.25, 0.3) is 0 Å². The first-order valence-electron chi connectivity index (χ1n) is 9.23. The van der Waals surface area contributed by atoms with Crippen LogP contribution in [0.3, 0.4) is 0 Å². The minimum atomic E-state index is -0.569. The van der Waals surface area contributed by atoms with Crippen LogP contribution in [-0.2, 0) is 4.74 Å². The van der Waals surface area contributed by atoms with Gasteiger partial charge in [0.25, 0.3) is 11.6 Å². The lowest BCUT2D eigenvalue weighted by molar-refractivity contribution is -0.384. The van der Waals surface area contributed by atoms with Crippen molar-refractivity contribution in [2.24, 2.45) is 0 Å². The minimum Gasteiger partial charge on any atom is -0.497 e. The average Bonchev–Trinajstić information content (AvgIpc) is 3.15. The molecule has 0 aliphatic heterocycles. The molecule has 0 saturated carbocycles. The highest BCUT2D eigenvalue weighted by Crippen LogP contribution is 2.34. The Hall–Kier alpha value is -3.79. The van der Waals surface area contributed by atoms with Crippen LogP contribution < -0.4 is 9.64 Å². The van der Waals surface area contributed by atoms with Crippen molar-refractivity contribution < 1.29 is 24.0 Å². The number of amides is 1. The Kier molecular flexibility index (Phi) is 6.61. The smallest absolute Gasteiger partial charge is 0.350 e. The zero-order valence-corrected chi connectivity index (χ0v) is 17.8. The summed E-state index contributed by atoms with van der Waals surface area (Å²) in [6.07, 6.45) is 0. The number of rotatable bonds is 7. The normalized spacial score (nSPS) is 10.4. The number of hydrogen-bond acceptors (Lipinski definition) is 8. The summed E-state index contributed by atoms with van der Waals surface area (Å²) in [6.45, 7) is 3.56. The number of carbonyl (C=O) groups excluding carboxylic acids is 2. The minimum absolute atomic E-state index is 0.107. The van der Waals surface area contributed by atoms with Gasteiger partial charge in [0.2, 0.25) is 0 Å². The number of ether oxygens (including phenoxy) is 2. The van der Waals surface area contributed by atoms with E-state index in [9.17, 15) is 19.7 Å². The first-order valence-corrected chi connectivity index (χ1v) is 10.0. The molecular formula is C21H19N3O6S. The van der Waals surface area contributed by atoms with Gasteiger partial charge in [-0.1, -0.05) is 17.4 Å². The molecule has 31 heavy (non-hydrogen) atoms. The molecular weight excluding hydrogens is 422 g/mol. The lowest BCUT2D eigenvalue weighted by Crippen LogP contribution is -2.26. The van der Waals surface area contributed by atoms with Crippen molar-refractivity contribution in [2.45, 2.75) is 13.8 Å². The van der Waals surface area contributed by atoms with Gasteiger partial charge in [-0.2, -0.15) is 0 Å². The summed E-state index contributed by atoms with van der Waals surface area (Å²) in [4.78, 5) is 42.2. The number of esters is 1. The van der Waals surface area contributed by atoms with Gasteiger partial charge in [-0.15, -0.1) is 0 Å². The fraction of sp³-hybridized carbons (Fsp3) is 0.190. The van der Waals surface area contributed by atoms with Crippen LogP contribution >= 0.6 is 11.3 Å². The number of nitrogens with zero attached hydrogens (tertiary/aromatic N) is 3. The maximum atomic E-state index is 13.4. The van der Waals surface area contributed by atoms with E-state index in [1.165, 1.54) is 36.3 Å². The molecule has 9 nitrogen and oxygen atoms in total. The number of aryl methyl sites for hydroxylation is 1. The predicted octanol–water partition coefficient (Wildman–Crippen LogP) is 4.52. The number of carbonyl (C=O) groups is 2. The summed E-state index contributed by atoms with van der Waals surface area (Å²) in [5.74, 6) is -0.465. The standard InChI is InChI=1S/C21H19N3O6S/c1-4-30-20(26)18-13(2)22-21(31-18)23(15-8-10-17(29-3)11-9-15)19(25)14-6-5-7-16(12-14)24(27)28/h5-12H,4H2,1-3H3. The number of benzene rings is 2. The first kappa shape index (κ1) is 21.9. The van der Waals surface area contributed by atoms with E-state index < -0.39 is 16.8 Å². The van der Waals surface area contributed by atoms with Crippen LogP contribution in [-0.4, -0.2) is 35.5 Å². The zero-order valence-electron chi connectivity index (χ0n) is 17.0. The highest BCUT2D eigenvalue weighted by molar-refractivity contribution is 7.17. The number of anilines is 2. The molecule has 0 unspecified atom stereocenters. The third-order valence-electron chi connectivity index (χ3n) is 4.28. The van der Waals surface area contributed by atoms with Crippen LogP contribution in [0.5, 0.6) is 5.75 Å². The second-order valence-electron chi connectivity index (χ2n) is 6.28. The number of nitro benzene ring substituents is 1. The second kappa shape index (κ2) is 9.35. The van der Waals surface area contributed by atoms with E-state index in [1.807, 2.05) is 0 Å². The fourth-order valence-electron chi connectivity index (χ4n) is 2.79. The summed E-state index contributed by atoms with van der Waals surface area (Å²) >= 11 is 1.01. The first-order chi connectivity index (χ1) is 14.8. The van der Waals surface area contributed by atoms with Gasteiger partial charge in [-0.05, 0) is 44.2 Å². The molecule has 0 N–H and O–H groups in total. The van der Waals surface area contributed by atoms with Crippen molar-refractivity contribution in [3.05, 3.63) is 74.8 Å². The number of non-ortho nitro benzene ring substituents is 1. The van der Waals surface area contributed by atoms with Crippen molar-refractivity contribution in [2.75, 3.05) is 18.6 Å². The summed E-state index contributed by atoms with van der Waals surface area (Å²) in [5.41, 5.74) is 0.781. The van der Waals surface area contributed by atoms with Gasteiger partial charge in [-0.25, -0.2) is 9.78 Å². The molecule has 0 radical (unpaired) electrons. The van der Waals surface area contributed by atoms with E-state index in [4.69, 9.17) is 9.47 Å².